The topological polar surface area (TPSA) is 102 Å². The number of alkyl halides is 3. The maximum absolute atomic E-state index is 12.8. The number of amides is 1. The van der Waals surface area contributed by atoms with Crippen molar-refractivity contribution in [2.24, 2.45) is 7.05 Å². The second-order valence-electron chi connectivity index (χ2n) is 7.70. The first kappa shape index (κ1) is 23.3. The Bertz CT molecular complexity index is 1030. The number of likely N-dealkylation sites (tertiary alicyclic amines) is 2. The monoisotopic (exact) mass is 449 g/mol. The quantitative estimate of drug-likeness (QED) is 0.772. The fraction of sp³-hybridized carbons (Fsp3) is 0.429. The fourth-order valence-corrected chi connectivity index (χ4v) is 4.20. The van der Waals surface area contributed by atoms with Crippen LogP contribution in [0, 0.1) is 11.3 Å². The smallest absolute Gasteiger partial charge is 0.475 e. The lowest BCUT2D eigenvalue weighted by molar-refractivity contribution is -0.192. The summed E-state index contributed by atoms with van der Waals surface area (Å²) < 4.78 is 33.4. The van der Waals surface area contributed by atoms with Crippen LogP contribution in [0.2, 0.25) is 0 Å². The van der Waals surface area contributed by atoms with Gasteiger partial charge in [-0.25, -0.2) is 4.79 Å². The van der Waals surface area contributed by atoms with Crippen molar-refractivity contribution in [2.45, 2.75) is 37.6 Å². The molecule has 2 saturated heterocycles. The lowest BCUT2D eigenvalue weighted by Crippen LogP contribution is -2.39. The third-order valence-corrected chi connectivity index (χ3v) is 5.59. The third-order valence-electron chi connectivity index (χ3n) is 5.59. The van der Waals surface area contributed by atoms with Gasteiger partial charge >= 0.3 is 12.1 Å². The molecule has 0 aliphatic carbocycles. The predicted octanol–water partition coefficient (Wildman–Crippen LogP) is 2.41. The molecule has 3 heterocycles. The van der Waals surface area contributed by atoms with Gasteiger partial charge in [-0.1, -0.05) is 12.1 Å². The molecular formula is C21H22F3N5O3. The first-order chi connectivity index (χ1) is 15.1. The van der Waals surface area contributed by atoms with Gasteiger partial charge in [0.25, 0.3) is 5.91 Å². The molecule has 11 heteroatoms. The van der Waals surface area contributed by atoms with Gasteiger partial charge in [0.05, 0.1) is 23.4 Å². The number of fused-ring (bicyclic) bond motifs is 1. The highest BCUT2D eigenvalue weighted by molar-refractivity contribution is 5.94. The minimum atomic E-state index is -5.08. The summed E-state index contributed by atoms with van der Waals surface area (Å²) in [6.07, 6.45) is 0.370. The number of halogens is 3. The Morgan fingerprint density at radius 1 is 1.25 bits per heavy atom. The van der Waals surface area contributed by atoms with E-state index in [1.165, 1.54) is 0 Å². The van der Waals surface area contributed by atoms with Crippen molar-refractivity contribution < 1.29 is 27.9 Å². The lowest BCUT2D eigenvalue weighted by Gasteiger charge is -2.25. The van der Waals surface area contributed by atoms with Crippen LogP contribution < -0.4 is 0 Å². The van der Waals surface area contributed by atoms with E-state index in [1.54, 1.807) is 17.1 Å². The molecule has 2 aromatic rings. The zero-order valence-electron chi connectivity index (χ0n) is 17.3. The summed E-state index contributed by atoms with van der Waals surface area (Å²) in [5.41, 5.74) is 2.54. The van der Waals surface area contributed by atoms with Crippen LogP contribution in [0.25, 0.3) is 0 Å². The van der Waals surface area contributed by atoms with E-state index in [9.17, 15) is 18.0 Å². The van der Waals surface area contributed by atoms with Crippen LogP contribution in [-0.4, -0.2) is 67.9 Å². The van der Waals surface area contributed by atoms with Crippen LogP contribution in [0.15, 0.2) is 36.7 Å². The highest BCUT2D eigenvalue weighted by atomic mass is 19.4. The molecule has 32 heavy (non-hydrogen) atoms. The number of benzene rings is 1. The van der Waals surface area contributed by atoms with E-state index in [2.05, 4.69) is 22.1 Å². The Morgan fingerprint density at radius 3 is 2.53 bits per heavy atom. The molecular weight excluding hydrogens is 427 g/mol. The van der Waals surface area contributed by atoms with Crippen molar-refractivity contribution in [3.05, 3.63) is 53.3 Å². The Hall–Kier alpha value is -3.39. The number of nitriles is 1. The molecule has 0 radical (unpaired) electrons. The van der Waals surface area contributed by atoms with Gasteiger partial charge in [0, 0.05) is 45.0 Å². The van der Waals surface area contributed by atoms with Crippen molar-refractivity contribution in [1.82, 2.24) is 19.6 Å². The van der Waals surface area contributed by atoms with Crippen LogP contribution in [0.5, 0.6) is 0 Å². The predicted molar refractivity (Wildman–Crippen MR) is 106 cm³/mol. The normalized spacial score (nSPS) is 20.3. The van der Waals surface area contributed by atoms with Crippen LogP contribution in [0.3, 0.4) is 0 Å². The van der Waals surface area contributed by atoms with Gasteiger partial charge in [-0.2, -0.15) is 23.5 Å². The van der Waals surface area contributed by atoms with Crippen molar-refractivity contribution >= 4 is 11.9 Å². The highest BCUT2D eigenvalue weighted by Gasteiger charge is 2.44. The number of carboxylic acids is 1. The molecule has 0 saturated carbocycles. The molecule has 1 aromatic carbocycles. The number of carboxylic acid groups (broad SMARTS) is 1. The van der Waals surface area contributed by atoms with Crippen molar-refractivity contribution in [1.29, 1.82) is 5.26 Å². The molecule has 170 valence electrons. The molecule has 2 aliphatic rings. The van der Waals surface area contributed by atoms with E-state index in [0.717, 1.165) is 38.0 Å². The molecule has 0 spiro atoms. The van der Waals surface area contributed by atoms with E-state index in [0.29, 0.717) is 17.2 Å². The summed E-state index contributed by atoms with van der Waals surface area (Å²) in [6.45, 7) is 2.63. The molecule has 8 nitrogen and oxygen atoms in total. The summed E-state index contributed by atoms with van der Waals surface area (Å²) in [6, 6.07) is 10.7. The average Bonchev–Trinajstić information content (AvgIpc) is 3.45. The zero-order valence-corrected chi connectivity index (χ0v) is 17.3. The lowest BCUT2D eigenvalue weighted by atomic mass is 10.1. The van der Waals surface area contributed by atoms with E-state index in [-0.39, 0.29) is 11.9 Å². The number of carbonyl (C=O) groups excluding carboxylic acids is 1. The number of aryl methyl sites for hydroxylation is 1. The number of hydrogen-bond acceptors (Lipinski definition) is 5. The molecule has 2 fully saturated rings. The minimum absolute atomic E-state index is 0.0916. The summed E-state index contributed by atoms with van der Waals surface area (Å²) >= 11 is 0. The molecule has 2 atom stereocenters. The number of aromatic nitrogens is 2. The van der Waals surface area contributed by atoms with Crippen LogP contribution in [0.4, 0.5) is 13.2 Å². The Morgan fingerprint density at radius 2 is 1.94 bits per heavy atom. The summed E-state index contributed by atoms with van der Waals surface area (Å²) in [4.78, 5) is 26.1. The molecule has 4 rings (SSSR count). The largest absolute Gasteiger partial charge is 0.490 e. The van der Waals surface area contributed by atoms with Crippen molar-refractivity contribution in [3.8, 4) is 6.07 Å². The maximum atomic E-state index is 12.8. The summed E-state index contributed by atoms with van der Waals surface area (Å²) in [7, 11) is 1.83. The Balaban J connectivity index is 0.000000360. The van der Waals surface area contributed by atoms with Crippen molar-refractivity contribution in [2.75, 3.05) is 13.1 Å². The second kappa shape index (κ2) is 9.40. The molecule has 2 aliphatic heterocycles. The Labute approximate surface area is 182 Å². The fourth-order valence-electron chi connectivity index (χ4n) is 4.20. The standard InChI is InChI=1S/C19H21N5O.C2HF3O2/c1-22-13-16(11-21-22)19(25)24-8-6-17-18(24)5-7-23(17)12-15-4-2-3-14(9-15)10-20;3-2(4,5)1(6)7/h2-4,9,11,13,17-18H,5-8,12H2,1H3;(H,6,7)/t17-,18+;/m1./s1. The van der Waals surface area contributed by atoms with Crippen LogP contribution in [-0.2, 0) is 18.4 Å². The maximum Gasteiger partial charge on any atom is 0.490 e. The Kier molecular flexibility index (Phi) is 6.84. The number of rotatable bonds is 3. The number of nitrogens with zero attached hydrogens (tertiary/aromatic N) is 5. The molecule has 0 unspecified atom stereocenters. The first-order valence-corrected chi connectivity index (χ1v) is 9.93. The van der Waals surface area contributed by atoms with E-state index in [1.807, 2.05) is 30.1 Å². The molecule has 0 bridgehead atoms. The molecule has 1 aromatic heterocycles. The van der Waals surface area contributed by atoms with Gasteiger partial charge in [-0.3, -0.25) is 14.4 Å². The van der Waals surface area contributed by atoms with Gasteiger partial charge in [0.1, 0.15) is 0 Å². The van der Waals surface area contributed by atoms with Gasteiger partial charge in [0.15, 0.2) is 0 Å². The summed E-state index contributed by atoms with van der Waals surface area (Å²) in [5.74, 6) is -2.67. The van der Waals surface area contributed by atoms with Crippen LogP contribution >= 0.6 is 0 Å². The molecule has 1 amide bonds. The van der Waals surface area contributed by atoms with E-state index >= 15 is 0 Å². The van der Waals surface area contributed by atoms with E-state index < -0.39 is 12.1 Å². The van der Waals surface area contributed by atoms with Crippen LogP contribution in [0.1, 0.15) is 34.3 Å². The zero-order chi connectivity index (χ0) is 23.5. The number of hydrogen-bond donors (Lipinski definition) is 1. The van der Waals surface area contributed by atoms with Gasteiger partial charge in [0.2, 0.25) is 0 Å². The van der Waals surface area contributed by atoms with Gasteiger partial charge in [-0.05, 0) is 30.5 Å². The highest BCUT2D eigenvalue weighted by Crippen LogP contribution is 2.33. The van der Waals surface area contributed by atoms with Gasteiger partial charge < -0.3 is 10.0 Å². The third kappa shape index (κ3) is 5.26. The average molecular weight is 449 g/mol. The SMILES string of the molecule is Cn1cc(C(=O)N2CC[C@@H]3[C@@H]2CCN3Cc2cccc(C#N)c2)cn1.O=C(O)C(F)(F)F. The number of aliphatic carboxylic acids is 1. The number of carbonyl (C=O) groups is 2. The first-order valence-electron chi connectivity index (χ1n) is 9.93. The molecule has 1 N–H and O–H groups in total. The van der Waals surface area contributed by atoms with E-state index in [4.69, 9.17) is 15.2 Å². The van der Waals surface area contributed by atoms with Crippen molar-refractivity contribution in [3.63, 3.8) is 0 Å². The summed E-state index contributed by atoms with van der Waals surface area (Å²) in [5, 5.41) is 20.3. The van der Waals surface area contributed by atoms with Gasteiger partial charge in [-0.15, -0.1) is 0 Å². The second-order valence-corrected chi connectivity index (χ2v) is 7.70. The minimum Gasteiger partial charge on any atom is -0.475 e.